The minimum Gasteiger partial charge on any atom is -0.396 e. The van der Waals surface area contributed by atoms with Crippen molar-refractivity contribution in [1.82, 2.24) is 0 Å². The van der Waals surface area contributed by atoms with E-state index >= 15 is 0 Å². The highest BCUT2D eigenvalue weighted by Crippen LogP contribution is 2.68. The molecule has 5 aliphatic rings. The number of rotatable bonds is 2. The summed E-state index contributed by atoms with van der Waals surface area (Å²) in [5.41, 5.74) is 0.412. The van der Waals surface area contributed by atoms with Crippen LogP contribution in [0.25, 0.3) is 0 Å². The van der Waals surface area contributed by atoms with Gasteiger partial charge in [-0.2, -0.15) is 0 Å². The second-order valence-corrected chi connectivity index (χ2v) is 10.3. The minimum atomic E-state index is -0.316. The fourth-order valence-electron chi connectivity index (χ4n) is 8.44. The summed E-state index contributed by atoms with van der Waals surface area (Å²) in [5, 5.41) is 20.6. The summed E-state index contributed by atoms with van der Waals surface area (Å²) in [6, 6.07) is 0. The van der Waals surface area contributed by atoms with Gasteiger partial charge in [0.15, 0.2) is 5.79 Å². The fraction of sp³-hybridized carbons (Fsp3) is 1.00. The topological polar surface area (TPSA) is 58.9 Å². The normalized spacial score (nSPS) is 52.5. The molecule has 1 spiro atoms. The third-order valence-corrected chi connectivity index (χ3v) is 9.71. The zero-order valence-corrected chi connectivity index (χ0v) is 16.3. The number of hydrogen-bond donors (Lipinski definition) is 2. The van der Waals surface area contributed by atoms with Crippen LogP contribution in [0.15, 0.2) is 0 Å². The molecule has 1 aliphatic heterocycles. The molecule has 0 aromatic rings. The van der Waals surface area contributed by atoms with Crippen LogP contribution in [-0.4, -0.2) is 41.9 Å². The molecule has 4 saturated carbocycles. The third kappa shape index (κ3) is 2.34. The summed E-state index contributed by atoms with van der Waals surface area (Å²) < 4.78 is 12.1. The minimum absolute atomic E-state index is 0.102. The van der Waals surface area contributed by atoms with E-state index < -0.39 is 0 Å². The van der Waals surface area contributed by atoms with Gasteiger partial charge in [-0.25, -0.2) is 0 Å². The van der Waals surface area contributed by atoms with Gasteiger partial charge < -0.3 is 19.7 Å². The lowest BCUT2D eigenvalue weighted by Crippen LogP contribution is -2.57. The van der Waals surface area contributed by atoms with Crippen molar-refractivity contribution in [1.29, 1.82) is 0 Å². The van der Waals surface area contributed by atoms with Crippen LogP contribution >= 0.6 is 0 Å². The Hall–Kier alpha value is -0.160. The van der Waals surface area contributed by atoms with E-state index in [0.717, 1.165) is 63.6 Å². The van der Waals surface area contributed by atoms with Crippen molar-refractivity contribution < 1.29 is 19.7 Å². The first-order valence-corrected chi connectivity index (χ1v) is 11.1. The summed E-state index contributed by atoms with van der Waals surface area (Å²) >= 11 is 0. The van der Waals surface area contributed by atoms with Crippen molar-refractivity contribution in [3.63, 3.8) is 0 Å². The Morgan fingerprint density at radius 1 is 0.923 bits per heavy atom. The molecule has 0 aromatic heterocycles. The van der Waals surface area contributed by atoms with Crippen LogP contribution in [0.2, 0.25) is 0 Å². The predicted octanol–water partition coefficient (Wildman–Crippen LogP) is 3.50. The molecule has 5 fully saturated rings. The summed E-state index contributed by atoms with van der Waals surface area (Å²) in [6.45, 7) is 4.14. The predicted molar refractivity (Wildman–Crippen MR) is 98.4 cm³/mol. The van der Waals surface area contributed by atoms with E-state index in [4.69, 9.17) is 9.47 Å². The maximum Gasteiger partial charge on any atom is 0.168 e. The molecule has 148 valence electrons. The monoisotopic (exact) mass is 364 g/mol. The van der Waals surface area contributed by atoms with E-state index in [1.54, 1.807) is 0 Å². The van der Waals surface area contributed by atoms with E-state index in [-0.39, 0.29) is 22.7 Å². The number of aliphatic hydroxyl groups is 2. The summed E-state index contributed by atoms with van der Waals surface area (Å²) in [6.07, 6.45) is 11.2. The van der Waals surface area contributed by atoms with Gasteiger partial charge in [0, 0.05) is 19.4 Å². The quantitative estimate of drug-likeness (QED) is 0.787. The molecule has 1 heterocycles. The summed E-state index contributed by atoms with van der Waals surface area (Å²) in [7, 11) is 0. The van der Waals surface area contributed by atoms with Crippen molar-refractivity contribution in [2.75, 3.05) is 19.8 Å². The first kappa shape index (κ1) is 17.9. The van der Waals surface area contributed by atoms with Gasteiger partial charge in [-0.05, 0) is 85.9 Å². The molecule has 0 radical (unpaired) electrons. The van der Waals surface area contributed by atoms with E-state index in [9.17, 15) is 10.2 Å². The molecule has 0 unspecified atom stereocenters. The Labute approximate surface area is 157 Å². The average Bonchev–Trinajstić information content (AvgIpc) is 3.21. The number of aliphatic hydroxyl groups excluding tert-OH is 2. The third-order valence-electron chi connectivity index (χ3n) is 9.71. The van der Waals surface area contributed by atoms with Crippen LogP contribution in [0.1, 0.15) is 71.1 Å². The Bertz CT molecular complexity index is 544. The highest BCUT2D eigenvalue weighted by atomic mass is 16.7. The van der Waals surface area contributed by atoms with Crippen LogP contribution in [0, 0.1) is 34.5 Å². The van der Waals surface area contributed by atoms with Gasteiger partial charge >= 0.3 is 0 Å². The molecule has 0 aromatic carbocycles. The lowest BCUT2D eigenvalue weighted by Gasteiger charge is -2.62. The molecule has 4 nitrogen and oxygen atoms in total. The van der Waals surface area contributed by atoms with Crippen molar-refractivity contribution in [3.8, 4) is 0 Å². The highest BCUT2D eigenvalue weighted by molar-refractivity contribution is 5.11. The van der Waals surface area contributed by atoms with E-state index in [1.165, 1.54) is 25.7 Å². The largest absolute Gasteiger partial charge is 0.396 e. The van der Waals surface area contributed by atoms with Crippen LogP contribution < -0.4 is 0 Å². The number of fused-ring (bicyclic) bond motifs is 5. The summed E-state index contributed by atoms with van der Waals surface area (Å²) in [4.78, 5) is 0. The van der Waals surface area contributed by atoms with E-state index in [2.05, 4.69) is 6.92 Å². The zero-order chi connectivity index (χ0) is 18.0. The standard InChI is InChI=1S/C22H36O4/c1-20-7-6-18-16(17(20)4-5-19(20)24)3-2-15-14-22(25-12-13-26-22)9-8-21(15,18)10-11-23/h15-19,23-24H,2-14H2,1H3/t15-,16-,17-,18-,19-,20-,21+/m0/s1. The molecular formula is C22H36O4. The fourth-order valence-corrected chi connectivity index (χ4v) is 8.44. The molecule has 4 heteroatoms. The van der Waals surface area contributed by atoms with Gasteiger partial charge in [0.05, 0.1) is 19.3 Å². The first-order chi connectivity index (χ1) is 12.5. The molecule has 1 saturated heterocycles. The van der Waals surface area contributed by atoms with Gasteiger partial charge in [0.2, 0.25) is 0 Å². The highest BCUT2D eigenvalue weighted by Gasteiger charge is 2.63. The van der Waals surface area contributed by atoms with Crippen LogP contribution in [0.3, 0.4) is 0 Å². The maximum atomic E-state index is 10.6. The van der Waals surface area contributed by atoms with Crippen molar-refractivity contribution in [3.05, 3.63) is 0 Å². The molecule has 26 heavy (non-hydrogen) atoms. The van der Waals surface area contributed by atoms with E-state index in [1.807, 2.05) is 0 Å². The molecular weight excluding hydrogens is 328 g/mol. The Kier molecular flexibility index (Phi) is 4.25. The lowest BCUT2D eigenvalue weighted by molar-refractivity contribution is -0.236. The Balaban J connectivity index is 1.45. The molecule has 5 rings (SSSR count). The van der Waals surface area contributed by atoms with Crippen LogP contribution in [0.4, 0.5) is 0 Å². The SMILES string of the molecule is C[C@]12CC[C@H]3[C@@H](CC[C@H]4CC5(CC[C@@]43CCO)OCCO5)[C@@H]1CC[C@@H]2O. The second-order valence-electron chi connectivity index (χ2n) is 10.3. The number of ether oxygens (including phenoxy) is 2. The van der Waals surface area contributed by atoms with Gasteiger partial charge in [0.1, 0.15) is 0 Å². The molecule has 0 amide bonds. The van der Waals surface area contributed by atoms with Gasteiger partial charge in [-0.15, -0.1) is 0 Å². The van der Waals surface area contributed by atoms with Crippen molar-refractivity contribution in [2.24, 2.45) is 34.5 Å². The van der Waals surface area contributed by atoms with Crippen LogP contribution in [0.5, 0.6) is 0 Å². The second kappa shape index (κ2) is 6.17. The van der Waals surface area contributed by atoms with Gasteiger partial charge in [-0.3, -0.25) is 0 Å². The molecule has 7 atom stereocenters. The number of hydrogen-bond acceptors (Lipinski definition) is 4. The zero-order valence-electron chi connectivity index (χ0n) is 16.3. The molecule has 4 aliphatic carbocycles. The lowest BCUT2D eigenvalue weighted by atomic mass is 9.43. The van der Waals surface area contributed by atoms with E-state index in [0.29, 0.717) is 18.4 Å². The molecule has 0 bridgehead atoms. The van der Waals surface area contributed by atoms with Crippen LogP contribution in [-0.2, 0) is 9.47 Å². The average molecular weight is 365 g/mol. The summed E-state index contributed by atoms with van der Waals surface area (Å²) in [5.74, 6) is 2.45. The smallest absolute Gasteiger partial charge is 0.168 e. The van der Waals surface area contributed by atoms with Gasteiger partial charge in [-0.1, -0.05) is 6.92 Å². The first-order valence-electron chi connectivity index (χ1n) is 11.1. The Morgan fingerprint density at radius 2 is 1.73 bits per heavy atom. The molecule has 2 N–H and O–H groups in total. The van der Waals surface area contributed by atoms with Crippen molar-refractivity contribution in [2.45, 2.75) is 83.0 Å². The van der Waals surface area contributed by atoms with Crippen molar-refractivity contribution >= 4 is 0 Å². The maximum absolute atomic E-state index is 10.6. The Morgan fingerprint density at radius 3 is 2.50 bits per heavy atom. The van der Waals surface area contributed by atoms with Gasteiger partial charge in [0.25, 0.3) is 0 Å².